The minimum Gasteiger partial charge on any atom is -0.288 e. The average molecular weight is 269 g/mol. The van der Waals surface area contributed by atoms with E-state index >= 15 is 0 Å². The fraction of sp³-hybridized carbons (Fsp3) is 0.353. The van der Waals surface area contributed by atoms with Crippen LogP contribution in [0.1, 0.15) is 13.3 Å². The van der Waals surface area contributed by atoms with Gasteiger partial charge in [-0.1, -0.05) is 42.5 Å². The van der Waals surface area contributed by atoms with Crippen molar-refractivity contribution in [2.24, 2.45) is 10.9 Å². The van der Waals surface area contributed by atoms with E-state index in [1.165, 1.54) is 11.1 Å². The van der Waals surface area contributed by atoms with Gasteiger partial charge in [0.05, 0.1) is 5.71 Å². The van der Waals surface area contributed by atoms with Gasteiger partial charge in [-0.05, 0) is 30.6 Å². The van der Waals surface area contributed by atoms with Crippen molar-refractivity contribution in [1.82, 2.24) is 0 Å². The van der Waals surface area contributed by atoms with Crippen LogP contribution in [0.25, 0.3) is 0 Å². The molecule has 19 heavy (non-hydrogen) atoms. The van der Waals surface area contributed by atoms with E-state index in [4.69, 9.17) is 0 Å². The van der Waals surface area contributed by atoms with Crippen LogP contribution < -0.4 is 0 Å². The van der Waals surface area contributed by atoms with Crippen molar-refractivity contribution in [1.29, 1.82) is 0 Å². The molecule has 1 aliphatic heterocycles. The van der Waals surface area contributed by atoms with Crippen LogP contribution in [-0.2, 0) is 0 Å². The Bertz CT molecular complexity index is 560. The first-order valence-electron chi connectivity index (χ1n) is 6.76. The minimum absolute atomic E-state index is 0.575. The molecule has 0 aromatic heterocycles. The Morgan fingerprint density at radius 1 is 1.42 bits per heavy atom. The van der Waals surface area contributed by atoms with Gasteiger partial charge in [0, 0.05) is 23.5 Å². The summed E-state index contributed by atoms with van der Waals surface area (Å²) >= 11 is 2.11. The van der Waals surface area contributed by atoms with E-state index in [2.05, 4.69) is 60.6 Å². The number of allylic oxidation sites excluding steroid dienone is 7. The van der Waals surface area contributed by atoms with E-state index in [9.17, 15) is 0 Å². The molecule has 1 nitrogen and oxygen atoms in total. The molecule has 0 aromatic carbocycles. The summed E-state index contributed by atoms with van der Waals surface area (Å²) in [5.74, 6) is 0.575. The third-order valence-electron chi connectivity index (χ3n) is 4.13. The molecule has 0 spiro atoms. The quantitative estimate of drug-likeness (QED) is 0.687. The Kier molecular flexibility index (Phi) is 3.36. The summed E-state index contributed by atoms with van der Waals surface area (Å²) < 4.78 is 0. The van der Waals surface area contributed by atoms with Crippen molar-refractivity contribution in [3.63, 3.8) is 0 Å². The zero-order valence-electron chi connectivity index (χ0n) is 11.5. The van der Waals surface area contributed by atoms with Crippen LogP contribution in [-0.4, -0.2) is 23.3 Å². The Labute approximate surface area is 119 Å². The molecule has 3 atom stereocenters. The summed E-state index contributed by atoms with van der Waals surface area (Å²) in [6, 6.07) is 0. The number of rotatable bonds is 2. The van der Waals surface area contributed by atoms with Gasteiger partial charge in [-0.25, -0.2) is 0 Å². The van der Waals surface area contributed by atoms with Crippen LogP contribution in [0.3, 0.4) is 0 Å². The Balaban J connectivity index is 2.00. The normalized spacial score (nSPS) is 33.1. The summed E-state index contributed by atoms with van der Waals surface area (Å²) in [4.78, 5) is 4.36. The molecule has 0 aromatic rings. The molecule has 0 N–H and O–H groups in total. The van der Waals surface area contributed by atoms with Crippen LogP contribution in [0.2, 0.25) is 0 Å². The molecular formula is C17H19NS. The number of aliphatic imine (C=N–C) groups is 1. The molecule has 98 valence electrons. The Morgan fingerprint density at radius 2 is 2.21 bits per heavy atom. The second kappa shape index (κ2) is 5.01. The van der Waals surface area contributed by atoms with Crippen molar-refractivity contribution < 1.29 is 0 Å². The molecule has 3 aliphatic rings. The highest BCUT2D eigenvalue weighted by Crippen LogP contribution is 2.50. The highest BCUT2D eigenvalue weighted by atomic mass is 32.2. The van der Waals surface area contributed by atoms with Gasteiger partial charge < -0.3 is 0 Å². The first kappa shape index (κ1) is 12.7. The van der Waals surface area contributed by atoms with Crippen LogP contribution in [0.5, 0.6) is 0 Å². The third kappa shape index (κ3) is 2.08. The number of nitrogens with zero attached hydrogens (tertiary/aromatic N) is 1. The fourth-order valence-corrected chi connectivity index (χ4v) is 4.85. The number of hydrogen-bond donors (Lipinski definition) is 0. The van der Waals surface area contributed by atoms with Crippen LogP contribution in [0.15, 0.2) is 64.7 Å². The average Bonchev–Trinajstić information content (AvgIpc) is 2.78. The zero-order valence-corrected chi connectivity index (χ0v) is 12.3. The van der Waals surface area contributed by atoms with Gasteiger partial charge in [-0.15, -0.1) is 11.8 Å². The van der Waals surface area contributed by atoms with Crippen molar-refractivity contribution in [3.8, 4) is 0 Å². The van der Waals surface area contributed by atoms with E-state index < -0.39 is 0 Å². The largest absolute Gasteiger partial charge is 0.288 e. The van der Waals surface area contributed by atoms with E-state index in [0.29, 0.717) is 16.4 Å². The molecule has 3 unspecified atom stereocenters. The molecule has 1 fully saturated rings. The van der Waals surface area contributed by atoms with Crippen molar-refractivity contribution in [2.75, 3.05) is 7.05 Å². The lowest BCUT2D eigenvalue weighted by Gasteiger charge is -2.23. The first-order valence-corrected chi connectivity index (χ1v) is 7.70. The lowest BCUT2D eigenvalue weighted by molar-refractivity contribution is 0.763. The Morgan fingerprint density at radius 3 is 2.95 bits per heavy atom. The molecule has 0 radical (unpaired) electrons. The van der Waals surface area contributed by atoms with E-state index in [1.54, 1.807) is 5.57 Å². The highest BCUT2D eigenvalue weighted by molar-refractivity contribution is 8.01. The summed E-state index contributed by atoms with van der Waals surface area (Å²) in [5.41, 5.74) is 5.31. The summed E-state index contributed by atoms with van der Waals surface area (Å²) in [5, 5.41) is 1.27. The standard InChI is InChI=1S/C17H19NS/c1-4-15(18-3)13-10-14-12-7-5-6-8-16(12)19-17(14)9-11(13)2/h4-8,10,12,16-17H,1,9H2,2-3H3. The number of hydrogen-bond acceptors (Lipinski definition) is 2. The molecule has 2 heteroatoms. The molecule has 1 heterocycles. The van der Waals surface area contributed by atoms with Gasteiger partial charge in [0.1, 0.15) is 0 Å². The lowest BCUT2D eigenvalue weighted by Crippen LogP contribution is -2.16. The van der Waals surface area contributed by atoms with E-state index in [1.807, 2.05) is 13.1 Å². The maximum atomic E-state index is 4.36. The third-order valence-corrected chi connectivity index (χ3v) is 5.67. The maximum Gasteiger partial charge on any atom is 0.0636 e. The monoisotopic (exact) mass is 269 g/mol. The van der Waals surface area contributed by atoms with Crippen LogP contribution >= 0.6 is 11.8 Å². The molecule has 0 saturated carbocycles. The van der Waals surface area contributed by atoms with Crippen LogP contribution in [0.4, 0.5) is 0 Å². The molecule has 0 bridgehead atoms. The predicted octanol–water partition coefficient (Wildman–Crippen LogP) is 4.12. The lowest BCUT2D eigenvalue weighted by atomic mass is 9.82. The predicted molar refractivity (Wildman–Crippen MR) is 85.9 cm³/mol. The van der Waals surface area contributed by atoms with Gasteiger partial charge >= 0.3 is 0 Å². The molecule has 2 aliphatic carbocycles. The van der Waals surface area contributed by atoms with Crippen molar-refractivity contribution in [3.05, 3.63) is 59.8 Å². The smallest absolute Gasteiger partial charge is 0.0636 e. The number of fused-ring (bicyclic) bond motifs is 3. The van der Waals surface area contributed by atoms with Crippen molar-refractivity contribution in [2.45, 2.75) is 23.8 Å². The first-order chi connectivity index (χ1) is 9.24. The van der Waals surface area contributed by atoms with E-state index in [0.717, 1.165) is 12.1 Å². The van der Waals surface area contributed by atoms with Gasteiger partial charge in [-0.3, -0.25) is 4.99 Å². The Hall–Kier alpha value is -1.28. The van der Waals surface area contributed by atoms with E-state index in [-0.39, 0.29) is 0 Å². The molecule has 3 rings (SSSR count). The summed E-state index contributed by atoms with van der Waals surface area (Å²) in [6.07, 6.45) is 14.4. The maximum absolute atomic E-state index is 4.36. The SMILES string of the molecule is C=CC(=NC)C1=C(C)CC2SC3C=CC=CC3C2=C1. The highest BCUT2D eigenvalue weighted by Gasteiger charge is 2.39. The summed E-state index contributed by atoms with van der Waals surface area (Å²) in [7, 11) is 1.84. The second-order valence-electron chi connectivity index (χ2n) is 5.24. The van der Waals surface area contributed by atoms with Crippen LogP contribution in [0, 0.1) is 5.92 Å². The molecule has 0 amide bonds. The zero-order chi connectivity index (χ0) is 13.4. The second-order valence-corrected chi connectivity index (χ2v) is 6.63. The molecule has 1 saturated heterocycles. The molecular weight excluding hydrogens is 250 g/mol. The van der Waals surface area contributed by atoms with Gasteiger partial charge in [0.25, 0.3) is 0 Å². The van der Waals surface area contributed by atoms with Gasteiger partial charge in [0.15, 0.2) is 0 Å². The minimum atomic E-state index is 0.575. The van der Waals surface area contributed by atoms with Crippen molar-refractivity contribution >= 4 is 17.5 Å². The number of thioether (sulfide) groups is 1. The summed E-state index contributed by atoms with van der Waals surface area (Å²) in [6.45, 7) is 6.11. The topological polar surface area (TPSA) is 12.4 Å². The van der Waals surface area contributed by atoms with Gasteiger partial charge in [-0.2, -0.15) is 0 Å². The fourth-order valence-electron chi connectivity index (χ4n) is 3.15. The van der Waals surface area contributed by atoms with Gasteiger partial charge in [0.2, 0.25) is 0 Å².